The molecule has 2 aromatic heterocycles. The fourth-order valence-corrected chi connectivity index (χ4v) is 4.23. The smallest absolute Gasteiger partial charge is 0.387 e. The number of amides is 1. The zero-order chi connectivity index (χ0) is 20.4. The van der Waals surface area contributed by atoms with Crippen LogP contribution in [0.3, 0.4) is 0 Å². The Labute approximate surface area is 165 Å². The van der Waals surface area contributed by atoms with E-state index in [0.717, 1.165) is 33.7 Å². The molecule has 0 radical (unpaired) electrons. The predicted octanol–water partition coefficient (Wildman–Crippen LogP) is 4.96. The standard InChI is InChI=1S/C20H21F2N3O2S/c1-5-15-23-12(4)16-10(2)17(28-19(16)25-15)18(26)24-11(3)13-7-6-8-14(9-13)27-20(21)22/h6-9,11,20H,5H2,1-4H3,(H,24,26). The van der Waals surface area contributed by atoms with Crippen LogP contribution < -0.4 is 10.1 Å². The van der Waals surface area contributed by atoms with Gasteiger partial charge in [-0.3, -0.25) is 4.79 Å². The van der Waals surface area contributed by atoms with E-state index >= 15 is 0 Å². The van der Waals surface area contributed by atoms with Gasteiger partial charge in [-0.05, 0) is 44.0 Å². The molecule has 0 spiro atoms. The van der Waals surface area contributed by atoms with Gasteiger partial charge in [-0.25, -0.2) is 9.97 Å². The second-order valence-corrected chi connectivity index (χ2v) is 7.46. The van der Waals surface area contributed by atoms with Gasteiger partial charge in [0, 0.05) is 17.5 Å². The van der Waals surface area contributed by atoms with Crippen molar-refractivity contribution in [3.63, 3.8) is 0 Å². The van der Waals surface area contributed by atoms with Crippen molar-refractivity contribution in [2.75, 3.05) is 0 Å². The second kappa shape index (κ2) is 8.18. The molecule has 1 atom stereocenters. The minimum absolute atomic E-state index is 0.0598. The van der Waals surface area contributed by atoms with Crippen molar-refractivity contribution in [3.05, 3.63) is 51.8 Å². The lowest BCUT2D eigenvalue weighted by molar-refractivity contribution is -0.0499. The maximum absolute atomic E-state index is 12.8. The third kappa shape index (κ3) is 4.11. The first-order chi connectivity index (χ1) is 13.3. The second-order valence-electron chi connectivity index (χ2n) is 6.46. The number of ether oxygens (including phenoxy) is 1. The highest BCUT2D eigenvalue weighted by molar-refractivity contribution is 7.20. The lowest BCUT2D eigenvalue weighted by Crippen LogP contribution is -2.26. The number of thiophene rings is 1. The molecule has 3 rings (SSSR count). The highest BCUT2D eigenvalue weighted by Gasteiger charge is 2.21. The molecule has 1 unspecified atom stereocenters. The van der Waals surface area contributed by atoms with Crippen molar-refractivity contribution in [2.45, 2.75) is 46.8 Å². The molecule has 0 saturated heterocycles. The Morgan fingerprint density at radius 2 is 2.04 bits per heavy atom. The van der Waals surface area contributed by atoms with Crippen LogP contribution in [0.15, 0.2) is 24.3 Å². The Kier molecular flexibility index (Phi) is 5.88. The molecule has 1 amide bonds. The summed E-state index contributed by atoms with van der Waals surface area (Å²) in [7, 11) is 0. The van der Waals surface area contributed by atoms with Crippen LogP contribution in [-0.2, 0) is 6.42 Å². The van der Waals surface area contributed by atoms with Crippen LogP contribution in [0.1, 0.15) is 52.2 Å². The van der Waals surface area contributed by atoms with E-state index in [1.54, 1.807) is 19.1 Å². The number of halogens is 2. The molecule has 1 N–H and O–H groups in total. The van der Waals surface area contributed by atoms with E-state index in [1.165, 1.54) is 23.5 Å². The number of hydrogen-bond acceptors (Lipinski definition) is 5. The van der Waals surface area contributed by atoms with Crippen molar-refractivity contribution < 1.29 is 18.3 Å². The average molecular weight is 405 g/mol. The van der Waals surface area contributed by atoms with Crippen LogP contribution in [0.5, 0.6) is 5.75 Å². The molecule has 2 heterocycles. The SMILES string of the molecule is CCc1nc(C)c2c(C)c(C(=O)NC(C)c3cccc(OC(F)F)c3)sc2n1. The van der Waals surface area contributed by atoms with E-state index in [1.807, 2.05) is 20.8 Å². The fourth-order valence-electron chi connectivity index (χ4n) is 3.08. The quantitative estimate of drug-likeness (QED) is 0.629. The minimum Gasteiger partial charge on any atom is -0.435 e. The Balaban J connectivity index is 1.85. The lowest BCUT2D eigenvalue weighted by atomic mass is 10.1. The fraction of sp³-hybridized carbons (Fsp3) is 0.350. The Bertz CT molecular complexity index is 1020. The van der Waals surface area contributed by atoms with E-state index in [-0.39, 0.29) is 17.7 Å². The van der Waals surface area contributed by atoms with Crippen LogP contribution in [0, 0.1) is 13.8 Å². The third-order valence-electron chi connectivity index (χ3n) is 4.47. The topological polar surface area (TPSA) is 64.1 Å². The Hall–Kier alpha value is -2.61. The number of carbonyl (C=O) groups excluding carboxylic acids is 1. The molecule has 0 bridgehead atoms. The van der Waals surface area contributed by atoms with Crippen LogP contribution in [-0.4, -0.2) is 22.5 Å². The van der Waals surface area contributed by atoms with E-state index < -0.39 is 6.61 Å². The summed E-state index contributed by atoms with van der Waals surface area (Å²) in [5.41, 5.74) is 2.38. The number of aryl methyl sites for hydroxylation is 3. The van der Waals surface area contributed by atoms with Crippen LogP contribution in [0.4, 0.5) is 8.78 Å². The van der Waals surface area contributed by atoms with Gasteiger partial charge in [0.2, 0.25) is 0 Å². The molecular weight excluding hydrogens is 384 g/mol. The molecule has 5 nitrogen and oxygen atoms in total. The first-order valence-corrected chi connectivity index (χ1v) is 9.74. The molecule has 3 aromatic rings. The highest BCUT2D eigenvalue weighted by atomic mass is 32.1. The van der Waals surface area contributed by atoms with Crippen molar-refractivity contribution in [3.8, 4) is 5.75 Å². The number of nitrogens with zero attached hydrogens (tertiary/aromatic N) is 2. The summed E-state index contributed by atoms with van der Waals surface area (Å²) in [6, 6.07) is 5.94. The maximum atomic E-state index is 12.8. The summed E-state index contributed by atoms with van der Waals surface area (Å²) in [5, 5.41) is 3.83. The molecule has 28 heavy (non-hydrogen) atoms. The molecule has 0 aliphatic rings. The molecule has 0 fully saturated rings. The predicted molar refractivity (Wildman–Crippen MR) is 105 cm³/mol. The summed E-state index contributed by atoms with van der Waals surface area (Å²) in [4.78, 5) is 23.2. The lowest BCUT2D eigenvalue weighted by Gasteiger charge is -2.15. The van der Waals surface area contributed by atoms with Gasteiger partial charge < -0.3 is 10.1 Å². The molecule has 148 valence electrons. The number of fused-ring (bicyclic) bond motifs is 1. The van der Waals surface area contributed by atoms with Crippen LogP contribution in [0.25, 0.3) is 10.2 Å². The van der Waals surface area contributed by atoms with Gasteiger partial charge in [-0.15, -0.1) is 11.3 Å². The zero-order valence-corrected chi connectivity index (χ0v) is 16.9. The molecular formula is C20H21F2N3O2S. The largest absolute Gasteiger partial charge is 0.435 e. The zero-order valence-electron chi connectivity index (χ0n) is 16.0. The number of alkyl halides is 2. The van der Waals surface area contributed by atoms with Crippen molar-refractivity contribution in [1.82, 2.24) is 15.3 Å². The monoisotopic (exact) mass is 405 g/mol. The van der Waals surface area contributed by atoms with E-state index in [2.05, 4.69) is 20.0 Å². The molecule has 0 aliphatic heterocycles. The van der Waals surface area contributed by atoms with Gasteiger partial charge in [0.05, 0.1) is 10.9 Å². The molecule has 0 aliphatic carbocycles. The molecule has 0 saturated carbocycles. The third-order valence-corrected chi connectivity index (χ3v) is 5.66. The average Bonchev–Trinajstić information content (AvgIpc) is 2.98. The molecule has 8 heteroatoms. The Morgan fingerprint density at radius 1 is 1.29 bits per heavy atom. The number of benzene rings is 1. The molecule has 1 aromatic carbocycles. The summed E-state index contributed by atoms with van der Waals surface area (Å²) in [5.74, 6) is 0.581. The summed E-state index contributed by atoms with van der Waals surface area (Å²) in [6.07, 6.45) is 0.726. The summed E-state index contributed by atoms with van der Waals surface area (Å²) < 4.78 is 29.3. The summed E-state index contributed by atoms with van der Waals surface area (Å²) in [6.45, 7) is 4.70. The minimum atomic E-state index is -2.89. The number of hydrogen-bond donors (Lipinski definition) is 1. The summed E-state index contributed by atoms with van der Waals surface area (Å²) >= 11 is 1.34. The van der Waals surface area contributed by atoms with Gasteiger partial charge in [0.15, 0.2) is 0 Å². The number of rotatable bonds is 6. The maximum Gasteiger partial charge on any atom is 0.387 e. The van der Waals surface area contributed by atoms with Gasteiger partial charge in [0.1, 0.15) is 16.4 Å². The van der Waals surface area contributed by atoms with Crippen LogP contribution in [0.2, 0.25) is 0 Å². The van der Waals surface area contributed by atoms with Crippen LogP contribution >= 0.6 is 11.3 Å². The van der Waals surface area contributed by atoms with Gasteiger partial charge in [-0.1, -0.05) is 19.1 Å². The number of nitrogens with one attached hydrogen (secondary N) is 1. The van der Waals surface area contributed by atoms with E-state index in [9.17, 15) is 13.6 Å². The van der Waals surface area contributed by atoms with Gasteiger partial charge in [0.25, 0.3) is 5.91 Å². The normalized spacial score (nSPS) is 12.4. The van der Waals surface area contributed by atoms with Crippen molar-refractivity contribution >= 4 is 27.5 Å². The van der Waals surface area contributed by atoms with Gasteiger partial charge in [-0.2, -0.15) is 8.78 Å². The first kappa shape index (κ1) is 20.1. The number of carbonyl (C=O) groups is 1. The first-order valence-electron chi connectivity index (χ1n) is 8.92. The Morgan fingerprint density at radius 3 is 2.71 bits per heavy atom. The van der Waals surface area contributed by atoms with E-state index in [4.69, 9.17) is 0 Å². The van der Waals surface area contributed by atoms with Crippen molar-refractivity contribution in [2.24, 2.45) is 0 Å². The number of aromatic nitrogens is 2. The highest BCUT2D eigenvalue weighted by Crippen LogP contribution is 2.32. The van der Waals surface area contributed by atoms with Gasteiger partial charge >= 0.3 is 6.61 Å². The van der Waals surface area contributed by atoms with E-state index in [0.29, 0.717) is 10.4 Å². The van der Waals surface area contributed by atoms with Crippen molar-refractivity contribution in [1.29, 1.82) is 0 Å².